The maximum absolute atomic E-state index is 12.5. The first-order chi connectivity index (χ1) is 7.68. The van der Waals surface area contributed by atoms with Crippen molar-refractivity contribution in [2.24, 2.45) is 5.41 Å². The van der Waals surface area contributed by atoms with Gasteiger partial charge in [0.15, 0.2) is 0 Å². The molecule has 2 fully saturated rings. The molecule has 1 amide bonds. The molecule has 92 valence electrons. The SMILES string of the molecule is CCC1(C(=O)N2CCC(O)CC2)CCNC1. The third-order valence-electron chi connectivity index (χ3n) is 4.13. The molecular weight excluding hydrogens is 204 g/mol. The Morgan fingerprint density at radius 1 is 1.50 bits per heavy atom. The topological polar surface area (TPSA) is 52.6 Å². The molecule has 2 aliphatic heterocycles. The van der Waals surface area contributed by atoms with E-state index in [1.807, 2.05) is 4.90 Å². The van der Waals surface area contributed by atoms with Gasteiger partial charge >= 0.3 is 0 Å². The Kier molecular flexibility index (Phi) is 3.50. The molecule has 0 aromatic carbocycles. The maximum atomic E-state index is 12.5. The van der Waals surface area contributed by atoms with E-state index in [1.54, 1.807) is 0 Å². The second-order valence-electron chi connectivity index (χ2n) is 5.08. The Hall–Kier alpha value is -0.610. The zero-order valence-corrected chi connectivity index (χ0v) is 10.0. The van der Waals surface area contributed by atoms with Gasteiger partial charge in [0.05, 0.1) is 11.5 Å². The van der Waals surface area contributed by atoms with Crippen LogP contribution < -0.4 is 5.32 Å². The number of hydrogen-bond acceptors (Lipinski definition) is 3. The molecule has 4 heteroatoms. The van der Waals surface area contributed by atoms with Gasteiger partial charge in [0.25, 0.3) is 0 Å². The van der Waals surface area contributed by atoms with Gasteiger partial charge in [-0.1, -0.05) is 6.92 Å². The van der Waals surface area contributed by atoms with Gasteiger partial charge in [-0.25, -0.2) is 0 Å². The van der Waals surface area contributed by atoms with Gasteiger partial charge in [0.2, 0.25) is 5.91 Å². The highest BCUT2D eigenvalue weighted by Crippen LogP contribution is 2.32. The van der Waals surface area contributed by atoms with Crippen LogP contribution in [0.25, 0.3) is 0 Å². The molecule has 2 aliphatic rings. The highest BCUT2D eigenvalue weighted by Gasteiger charge is 2.42. The summed E-state index contributed by atoms with van der Waals surface area (Å²) in [5, 5.41) is 12.7. The van der Waals surface area contributed by atoms with Gasteiger partial charge in [-0.05, 0) is 32.2 Å². The van der Waals surface area contributed by atoms with Gasteiger partial charge in [0, 0.05) is 19.6 Å². The van der Waals surface area contributed by atoms with Gasteiger partial charge < -0.3 is 15.3 Å². The van der Waals surface area contributed by atoms with E-state index >= 15 is 0 Å². The van der Waals surface area contributed by atoms with Crippen molar-refractivity contribution in [2.75, 3.05) is 26.2 Å². The lowest BCUT2D eigenvalue weighted by molar-refractivity contribution is -0.143. The van der Waals surface area contributed by atoms with E-state index in [0.717, 1.165) is 51.9 Å². The Morgan fingerprint density at radius 2 is 2.19 bits per heavy atom. The largest absolute Gasteiger partial charge is 0.393 e. The lowest BCUT2D eigenvalue weighted by atomic mass is 9.82. The third kappa shape index (κ3) is 2.09. The number of nitrogens with zero attached hydrogens (tertiary/aromatic N) is 1. The van der Waals surface area contributed by atoms with Crippen LogP contribution in [0.15, 0.2) is 0 Å². The van der Waals surface area contributed by atoms with Crippen LogP contribution in [0, 0.1) is 5.41 Å². The van der Waals surface area contributed by atoms with Crippen molar-refractivity contribution in [2.45, 2.75) is 38.7 Å². The zero-order valence-electron chi connectivity index (χ0n) is 10.0. The molecule has 0 aromatic rings. The van der Waals surface area contributed by atoms with Crippen LogP contribution in [0.2, 0.25) is 0 Å². The second-order valence-corrected chi connectivity index (χ2v) is 5.08. The minimum absolute atomic E-state index is 0.164. The van der Waals surface area contributed by atoms with Gasteiger partial charge in [-0.2, -0.15) is 0 Å². The summed E-state index contributed by atoms with van der Waals surface area (Å²) in [6, 6.07) is 0. The monoisotopic (exact) mass is 226 g/mol. The van der Waals surface area contributed by atoms with Crippen molar-refractivity contribution < 1.29 is 9.90 Å². The first-order valence-electron chi connectivity index (χ1n) is 6.36. The summed E-state index contributed by atoms with van der Waals surface area (Å²) < 4.78 is 0. The number of amides is 1. The Morgan fingerprint density at radius 3 is 2.69 bits per heavy atom. The summed E-state index contributed by atoms with van der Waals surface area (Å²) in [6.45, 7) is 5.32. The summed E-state index contributed by atoms with van der Waals surface area (Å²) in [6.07, 6.45) is 3.14. The average Bonchev–Trinajstić information content (AvgIpc) is 2.79. The van der Waals surface area contributed by atoms with Crippen LogP contribution in [0.4, 0.5) is 0 Å². The number of likely N-dealkylation sites (tertiary alicyclic amines) is 1. The second kappa shape index (κ2) is 4.72. The molecule has 16 heavy (non-hydrogen) atoms. The summed E-state index contributed by atoms with van der Waals surface area (Å²) in [7, 11) is 0. The molecule has 0 radical (unpaired) electrons. The fourth-order valence-electron chi connectivity index (χ4n) is 2.78. The summed E-state index contributed by atoms with van der Waals surface area (Å²) in [5.41, 5.74) is -0.164. The highest BCUT2D eigenvalue weighted by atomic mass is 16.3. The van der Waals surface area contributed by atoms with Crippen LogP contribution >= 0.6 is 0 Å². The molecule has 0 aromatic heterocycles. The van der Waals surface area contributed by atoms with E-state index in [1.165, 1.54) is 0 Å². The van der Waals surface area contributed by atoms with Crippen molar-refractivity contribution in [3.63, 3.8) is 0 Å². The first-order valence-corrected chi connectivity index (χ1v) is 6.36. The van der Waals surface area contributed by atoms with Crippen LogP contribution in [0.5, 0.6) is 0 Å². The molecule has 2 N–H and O–H groups in total. The number of aliphatic hydroxyl groups is 1. The predicted molar refractivity (Wildman–Crippen MR) is 62.0 cm³/mol. The van der Waals surface area contributed by atoms with Crippen LogP contribution in [-0.4, -0.2) is 48.2 Å². The van der Waals surface area contributed by atoms with Crippen molar-refractivity contribution in [3.8, 4) is 0 Å². The van der Waals surface area contributed by atoms with E-state index in [4.69, 9.17) is 0 Å². The normalized spacial score (nSPS) is 32.0. The van der Waals surface area contributed by atoms with E-state index in [0.29, 0.717) is 5.91 Å². The zero-order chi connectivity index (χ0) is 11.6. The number of hydrogen-bond donors (Lipinski definition) is 2. The van der Waals surface area contributed by atoms with Crippen molar-refractivity contribution in [3.05, 3.63) is 0 Å². The lowest BCUT2D eigenvalue weighted by Gasteiger charge is -2.36. The minimum Gasteiger partial charge on any atom is -0.393 e. The Balaban J connectivity index is 2.00. The van der Waals surface area contributed by atoms with Gasteiger partial charge in [-0.15, -0.1) is 0 Å². The molecule has 2 rings (SSSR count). The molecule has 2 saturated heterocycles. The van der Waals surface area contributed by atoms with E-state index < -0.39 is 0 Å². The number of aliphatic hydroxyl groups excluding tert-OH is 1. The molecule has 0 aliphatic carbocycles. The van der Waals surface area contributed by atoms with Crippen molar-refractivity contribution >= 4 is 5.91 Å². The molecule has 1 atom stereocenters. The van der Waals surface area contributed by atoms with Crippen LogP contribution in [0.3, 0.4) is 0 Å². The van der Waals surface area contributed by atoms with Crippen LogP contribution in [-0.2, 0) is 4.79 Å². The Labute approximate surface area is 97.0 Å². The molecule has 0 bridgehead atoms. The smallest absolute Gasteiger partial charge is 0.230 e. The predicted octanol–water partition coefficient (Wildman–Crippen LogP) is 0.359. The summed E-state index contributed by atoms with van der Waals surface area (Å²) in [5.74, 6) is 0.298. The molecule has 1 unspecified atom stereocenters. The Bertz CT molecular complexity index is 254. The highest BCUT2D eigenvalue weighted by molar-refractivity contribution is 5.83. The van der Waals surface area contributed by atoms with Crippen molar-refractivity contribution in [1.29, 1.82) is 0 Å². The number of rotatable bonds is 2. The number of carbonyl (C=O) groups is 1. The molecule has 0 spiro atoms. The van der Waals surface area contributed by atoms with E-state index in [2.05, 4.69) is 12.2 Å². The number of piperidine rings is 1. The quantitative estimate of drug-likeness (QED) is 0.715. The minimum atomic E-state index is -0.205. The fourth-order valence-corrected chi connectivity index (χ4v) is 2.78. The third-order valence-corrected chi connectivity index (χ3v) is 4.13. The number of nitrogens with one attached hydrogen (secondary N) is 1. The van der Waals surface area contributed by atoms with Crippen LogP contribution in [0.1, 0.15) is 32.6 Å². The maximum Gasteiger partial charge on any atom is 0.230 e. The van der Waals surface area contributed by atoms with Crippen molar-refractivity contribution in [1.82, 2.24) is 10.2 Å². The van der Waals surface area contributed by atoms with Gasteiger partial charge in [0.1, 0.15) is 0 Å². The summed E-state index contributed by atoms with van der Waals surface area (Å²) >= 11 is 0. The standard InChI is InChI=1S/C12H22N2O2/c1-2-12(5-6-13-9-12)11(16)14-7-3-10(15)4-8-14/h10,13,15H,2-9H2,1H3. The molecule has 4 nitrogen and oxygen atoms in total. The summed E-state index contributed by atoms with van der Waals surface area (Å²) in [4.78, 5) is 14.4. The first kappa shape index (κ1) is 11.9. The lowest BCUT2D eigenvalue weighted by Crippen LogP contribution is -2.48. The number of carbonyl (C=O) groups excluding carboxylic acids is 1. The molecule has 2 heterocycles. The fraction of sp³-hybridized carbons (Fsp3) is 0.917. The van der Waals surface area contributed by atoms with E-state index in [9.17, 15) is 9.90 Å². The molecular formula is C12H22N2O2. The average molecular weight is 226 g/mol. The molecule has 0 saturated carbocycles. The van der Waals surface area contributed by atoms with E-state index in [-0.39, 0.29) is 11.5 Å². The van der Waals surface area contributed by atoms with Gasteiger partial charge in [-0.3, -0.25) is 4.79 Å².